The first-order valence-corrected chi connectivity index (χ1v) is 7.99. The lowest BCUT2D eigenvalue weighted by molar-refractivity contribution is -0.384. The molecule has 138 valence electrons. The van der Waals surface area contributed by atoms with E-state index in [9.17, 15) is 14.9 Å². The molecule has 2 aromatic carbocycles. The van der Waals surface area contributed by atoms with E-state index in [4.69, 9.17) is 25.8 Å². The fraction of sp³-hybridized carbons (Fsp3) is 0.111. The minimum Gasteiger partial charge on any atom is -0.497 e. The number of hydrogen-bond acceptors (Lipinski definition) is 7. The number of esters is 1. The van der Waals surface area contributed by atoms with Gasteiger partial charge in [-0.2, -0.15) is 0 Å². The number of rotatable bonds is 5. The summed E-state index contributed by atoms with van der Waals surface area (Å²) in [7, 11) is 3.03. The number of non-ortho nitro benzene ring substituents is 1. The van der Waals surface area contributed by atoms with Gasteiger partial charge in [-0.1, -0.05) is 11.6 Å². The maximum Gasteiger partial charge on any atom is 0.363 e. The molecule has 8 nitrogen and oxygen atoms in total. The van der Waals surface area contributed by atoms with E-state index in [1.807, 2.05) is 0 Å². The maximum atomic E-state index is 12.2. The number of nitrogens with zero attached hydrogens (tertiary/aromatic N) is 2. The Labute approximate surface area is 158 Å². The lowest BCUT2D eigenvalue weighted by atomic mass is 10.1. The Kier molecular flexibility index (Phi) is 5.09. The highest BCUT2D eigenvalue weighted by Gasteiger charge is 2.27. The summed E-state index contributed by atoms with van der Waals surface area (Å²) in [5.74, 6) is 0.391. The number of nitro groups is 1. The molecule has 0 aliphatic carbocycles. The molecular formula is C18H13ClN2O6. The van der Waals surface area contributed by atoms with E-state index in [0.717, 1.165) is 0 Å². The first-order chi connectivity index (χ1) is 12.9. The number of ether oxygens (including phenoxy) is 3. The van der Waals surface area contributed by atoms with Crippen LogP contribution in [-0.2, 0) is 9.53 Å². The third-order valence-corrected chi connectivity index (χ3v) is 4.06. The van der Waals surface area contributed by atoms with E-state index in [1.54, 1.807) is 18.2 Å². The lowest BCUT2D eigenvalue weighted by Crippen LogP contribution is -2.06. The molecule has 0 saturated carbocycles. The number of cyclic esters (lactones) is 1. The fourth-order valence-electron chi connectivity index (χ4n) is 2.41. The van der Waals surface area contributed by atoms with Crippen molar-refractivity contribution in [2.75, 3.05) is 14.2 Å². The van der Waals surface area contributed by atoms with Crippen molar-refractivity contribution in [3.05, 3.63) is 68.4 Å². The molecule has 0 spiro atoms. The summed E-state index contributed by atoms with van der Waals surface area (Å²) in [6, 6.07) is 8.90. The molecule has 0 unspecified atom stereocenters. The van der Waals surface area contributed by atoms with Crippen molar-refractivity contribution < 1.29 is 23.9 Å². The monoisotopic (exact) mass is 388 g/mol. The molecule has 3 rings (SSSR count). The zero-order chi connectivity index (χ0) is 19.6. The van der Waals surface area contributed by atoms with E-state index >= 15 is 0 Å². The molecule has 0 amide bonds. The second-order valence-corrected chi connectivity index (χ2v) is 5.77. The average Bonchev–Trinajstić information content (AvgIpc) is 3.01. The molecule has 0 fully saturated rings. The van der Waals surface area contributed by atoms with Crippen molar-refractivity contribution in [2.24, 2.45) is 4.99 Å². The van der Waals surface area contributed by atoms with E-state index < -0.39 is 10.9 Å². The zero-order valence-electron chi connectivity index (χ0n) is 14.3. The Balaban J connectivity index is 2.00. The number of methoxy groups -OCH3 is 2. The average molecular weight is 389 g/mol. The molecule has 0 radical (unpaired) electrons. The minimum atomic E-state index is -0.677. The van der Waals surface area contributed by atoms with Gasteiger partial charge in [0.25, 0.3) is 5.69 Å². The van der Waals surface area contributed by atoms with Gasteiger partial charge in [-0.15, -0.1) is 0 Å². The SMILES string of the molecule is COc1ccc(OC)c(C=C2N=C(c3ccc([N+](=O)[O-])cc3Cl)OC2=O)c1. The van der Waals surface area contributed by atoms with Gasteiger partial charge in [-0.25, -0.2) is 9.79 Å². The van der Waals surface area contributed by atoms with Crippen molar-refractivity contribution in [3.63, 3.8) is 0 Å². The van der Waals surface area contributed by atoms with Crippen LogP contribution in [0.15, 0.2) is 47.1 Å². The Hall–Kier alpha value is -3.39. The zero-order valence-corrected chi connectivity index (χ0v) is 15.0. The summed E-state index contributed by atoms with van der Waals surface area (Å²) in [5.41, 5.74) is 0.705. The first-order valence-electron chi connectivity index (χ1n) is 7.62. The standard InChI is InChI=1S/C18H13ClN2O6/c1-25-12-4-6-16(26-2)10(7-12)8-15-18(22)27-17(20-15)13-5-3-11(21(23)24)9-14(13)19/h3-9H,1-2H3. The number of benzene rings is 2. The van der Waals surface area contributed by atoms with Crippen molar-refractivity contribution in [1.29, 1.82) is 0 Å². The van der Waals surface area contributed by atoms with Crippen LogP contribution in [0.3, 0.4) is 0 Å². The van der Waals surface area contributed by atoms with Crippen LogP contribution in [0.2, 0.25) is 5.02 Å². The van der Waals surface area contributed by atoms with Gasteiger partial charge in [0.1, 0.15) is 11.5 Å². The smallest absolute Gasteiger partial charge is 0.363 e. The van der Waals surface area contributed by atoms with Gasteiger partial charge in [0.05, 0.1) is 29.7 Å². The summed E-state index contributed by atoms with van der Waals surface area (Å²) >= 11 is 6.06. The van der Waals surface area contributed by atoms with Gasteiger partial charge < -0.3 is 14.2 Å². The van der Waals surface area contributed by atoms with Gasteiger partial charge in [0, 0.05) is 17.7 Å². The predicted molar refractivity (Wildman–Crippen MR) is 98.3 cm³/mol. The molecule has 1 heterocycles. The number of aliphatic imine (C=N–C) groups is 1. The molecule has 0 atom stereocenters. The van der Waals surface area contributed by atoms with Gasteiger partial charge in [0.2, 0.25) is 5.90 Å². The molecule has 27 heavy (non-hydrogen) atoms. The molecule has 0 bridgehead atoms. The summed E-state index contributed by atoms with van der Waals surface area (Å²) in [6.07, 6.45) is 1.50. The fourth-order valence-corrected chi connectivity index (χ4v) is 2.67. The first kappa shape index (κ1) is 18.4. The van der Waals surface area contributed by atoms with E-state index in [0.29, 0.717) is 17.1 Å². The molecule has 2 aromatic rings. The van der Waals surface area contributed by atoms with Gasteiger partial charge in [-0.05, 0) is 30.3 Å². The van der Waals surface area contributed by atoms with Crippen LogP contribution >= 0.6 is 11.6 Å². The number of nitro benzene ring substituents is 1. The van der Waals surface area contributed by atoms with E-state index in [2.05, 4.69) is 4.99 Å². The van der Waals surface area contributed by atoms with Crippen LogP contribution in [0.4, 0.5) is 5.69 Å². The lowest BCUT2D eigenvalue weighted by Gasteiger charge is -2.07. The highest BCUT2D eigenvalue weighted by atomic mass is 35.5. The van der Waals surface area contributed by atoms with Crippen LogP contribution in [-0.4, -0.2) is 31.0 Å². The van der Waals surface area contributed by atoms with Crippen LogP contribution < -0.4 is 9.47 Å². The highest BCUT2D eigenvalue weighted by molar-refractivity contribution is 6.34. The molecular weight excluding hydrogens is 376 g/mol. The summed E-state index contributed by atoms with van der Waals surface area (Å²) < 4.78 is 15.6. The van der Waals surface area contributed by atoms with E-state index in [-0.39, 0.29) is 27.9 Å². The summed E-state index contributed by atoms with van der Waals surface area (Å²) in [4.78, 5) is 26.6. The number of halogens is 1. The number of carbonyl (C=O) groups is 1. The topological polar surface area (TPSA) is 100 Å². The highest BCUT2D eigenvalue weighted by Crippen LogP contribution is 2.30. The van der Waals surface area contributed by atoms with Gasteiger partial charge in [0.15, 0.2) is 5.70 Å². The Morgan fingerprint density at radius 3 is 2.59 bits per heavy atom. The van der Waals surface area contributed by atoms with Crippen molar-refractivity contribution in [3.8, 4) is 11.5 Å². The van der Waals surface area contributed by atoms with Crippen molar-refractivity contribution >= 4 is 35.2 Å². The van der Waals surface area contributed by atoms with Crippen LogP contribution in [0.1, 0.15) is 11.1 Å². The van der Waals surface area contributed by atoms with Gasteiger partial charge in [-0.3, -0.25) is 10.1 Å². The minimum absolute atomic E-state index is 0.0333. The molecule has 0 saturated heterocycles. The molecule has 0 aromatic heterocycles. The quantitative estimate of drug-likeness (QED) is 0.335. The molecule has 1 aliphatic heterocycles. The van der Waals surface area contributed by atoms with Crippen LogP contribution in [0.25, 0.3) is 6.08 Å². The Morgan fingerprint density at radius 1 is 1.19 bits per heavy atom. The Morgan fingerprint density at radius 2 is 1.96 bits per heavy atom. The maximum absolute atomic E-state index is 12.2. The van der Waals surface area contributed by atoms with E-state index in [1.165, 1.54) is 38.5 Å². The van der Waals surface area contributed by atoms with Crippen LogP contribution in [0, 0.1) is 10.1 Å². The Bertz CT molecular complexity index is 999. The summed E-state index contributed by atoms with van der Waals surface area (Å²) in [5, 5.41) is 10.9. The van der Waals surface area contributed by atoms with Gasteiger partial charge >= 0.3 is 5.97 Å². The largest absolute Gasteiger partial charge is 0.497 e. The van der Waals surface area contributed by atoms with Crippen LogP contribution in [0.5, 0.6) is 11.5 Å². The predicted octanol–water partition coefficient (Wildman–Crippen LogP) is 3.61. The second kappa shape index (κ2) is 7.46. The third-order valence-electron chi connectivity index (χ3n) is 3.74. The summed E-state index contributed by atoms with van der Waals surface area (Å²) in [6.45, 7) is 0. The van der Waals surface area contributed by atoms with Crippen molar-refractivity contribution in [1.82, 2.24) is 0 Å². The molecule has 0 N–H and O–H groups in total. The normalized spacial score (nSPS) is 14.7. The molecule has 9 heteroatoms. The third kappa shape index (κ3) is 3.75. The molecule has 1 aliphatic rings. The second-order valence-electron chi connectivity index (χ2n) is 5.37. The van der Waals surface area contributed by atoms with Crippen molar-refractivity contribution in [2.45, 2.75) is 0 Å². The number of hydrogen-bond donors (Lipinski definition) is 0. The number of carbonyl (C=O) groups excluding carboxylic acids is 1.